The van der Waals surface area contributed by atoms with Crippen molar-refractivity contribution in [1.82, 2.24) is 30.3 Å². The molecule has 0 bridgehead atoms. The maximum atomic E-state index is 12.8. The second-order valence-corrected chi connectivity index (χ2v) is 9.38. The summed E-state index contributed by atoms with van der Waals surface area (Å²) in [5.74, 6) is 0.995. The van der Waals surface area contributed by atoms with Crippen LogP contribution in [0.5, 0.6) is 11.5 Å². The maximum Gasteiger partial charge on any atom is 0.289 e. The van der Waals surface area contributed by atoms with Crippen LogP contribution in [0, 0.1) is 0 Å². The monoisotopic (exact) mass is 481 g/mol. The first-order valence-corrected chi connectivity index (χ1v) is 12.3. The zero-order valence-electron chi connectivity index (χ0n) is 20.8. The number of carbonyl (C=O) groups excluding carboxylic acids is 1. The van der Waals surface area contributed by atoms with Crippen molar-refractivity contribution >= 4 is 11.7 Å². The Balaban J connectivity index is 1.70. The number of amides is 1. The first-order chi connectivity index (χ1) is 16.8. The van der Waals surface area contributed by atoms with Gasteiger partial charge in [0.25, 0.3) is 5.91 Å². The van der Waals surface area contributed by atoms with Gasteiger partial charge in [-0.3, -0.25) is 14.4 Å². The molecule has 0 saturated carbocycles. The molecule has 10 heteroatoms. The zero-order valence-corrected chi connectivity index (χ0v) is 20.8. The van der Waals surface area contributed by atoms with Crippen LogP contribution in [0.3, 0.4) is 0 Å². The molecule has 0 radical (unpaired) electrons. The van der Waals surface area contributed by atoms with Crippen LogP contribution in [0.2, 0.25) is 0 Å². The maximum absolute atomic E-state index is 12.8. The van der Waals surface area contributed by atoms with Crippen LogP contribution in [-0.4, -0.2) is 80.9 Å². The van der Waals surface area contributed by atoms with Crippen LogP contribution in [0.15, 0.2) is 29.3 Å². The highest BCUT2D eigenvalue weighted by Gasteiger charge is 2.29. The van der Waals surface area contributed by atoms with Gasteiger partial charge in [-0.25, -0.2) is 0 Å². The van der Waals surface area contributed by atoms with Crippen LogP contribution < -0.4 is 10.6 Å². The number of nitrogens with one attached hydrogen (secondary N) is 2. The van der Waals surface area contributed by atoms with Crippen molar-refractivity contribution in [3.63, 3.8) is 0 Å². The molecular weight excluding hydrogens is 446 g/mol. The molecule has 0 aliphatic carbocycles. The minimum atomic E-state index is -0.344. The quantitative estimate of drug-likeness (QED) is 0.499. The van der Waals surface area contributed by atoms with Crippen LogP contribution in [0.25, 0.3) is 11.4 Å². The molecule has 3 heterocycles. The molecule has 2 aliphatic rings. The molecule has 0 spiro atoms. The van der Waals surface area contributed by atoms with Gasteiger partial charge >= 0.3 is 0 Å². The number of likely N-dealkylation sites (N-methyl/N-ethyl adjacent to an activating group) is 1. The Labute approximate surface area is 205 Å². The van der Waals surface area contributed by atoms with Crippen molar-refractivity contribution in [3.05, 3.63) is 35.7 Å². The highest BCUT2D eigenvalue weighted by atomic mass is 16.3. The highest BCUT2D eigenvalue weighted by Crippen LogP contribution is 2.38. The molecule has 4 N–H and O–H groups in total. The molecule has 35 heavy (non-hydrogen) atoms. The molecule has 1 saturated heterocycles. The van der Waals surface area contributed by atoms with Gasteiger partial charge < -0.3 is 25.7 Å². The van der Waals surface area contributed by atoms with Gasteiger partial charge in [0.2, 0.25) is 5.82 Å². The summed E-state index contributed by atoms with van der Waals surface area (Å²) >= 11 is 0. The minimum absolute atomic E-state index is 0.0176. The van der Waals surface area contributed by atoms with E-state index >= 15 is 0 Å². The van der Waals surface area contributed by atoms with E-state index in [4.69, 9.17) is 4.99 Å². The number of nitrogens with zero attached hydrogens (tertiary/aromatic N) is 5. The lowest BCUT2D eigenvalue weighted by Crippen LogP contribution is -2.44. The molecule has 1 aromatic heterocycles. The van der Waals surface area contributed by atoms with Gasteiger partial charge in [-0.05, 0) is 56.5 Å². The van der Waals surface area contributed by atoms with Gasteiger partial charge in [-0.15, -0.1) is 10.2 Å². The minimum Gasteiger partial charge on any atom is -0.508 e. The second kappa shape index (κ2) is 10.5. The number of benzene rings is 1. The predicted octanol–water partition coefficient (Wildman–Crippen LogP) is 2.42. The van der Waals surface area contributed by atoms with E-state index < -0.39 is 0 Å². The molecule has 4 rings (SSSR count). The van der Waals surface area contributed by atoms with Crippen molar-refractivity contribution < 1.29 is 15.0 Å². The van der Waals surface area contributed by atoms with Crippen molar-refractivity contribution in [3.8, 4) is 22.9 Å². The summed E-state index contributed by atoms with van der Waals surface area (Å²) in [6.07, 6.45) is 6.14. The number of aliphatic imine (C=N–C) groups is 1. The number of hydrogen-bond acceptors (Lipinski definition) is 8. The summed E-state index contributed by atoms with van der Waals surface area (Å²) in [4.78, 5) is 19.9. The molecule has 2 aliphatic heterocycles. The topological polar surface area (TPSA) is 128 Å². The van der Waals surface area contributed by atoms with E-state index in [9.17, 15) is 15.0 Å². The molecule has 1 aromatic carbocycles. The summed E-state index contributed by atoms with van der Waals surface area (Å²) < 4.78 is 1.72. The Morgan fingerprint density at radius 2 is 1.97 bits per heavy atom. The largest absolute Gasteiger partial charge is 0.508 e. The Morgan fingerprint density at radius 3 is 2.60 bits per heavy atom. The van der Waals surface area contributed by atoms with Crippen LogP contribution >= 0.6 is 0 Å². The van der Waals surface area contributed by atoms with Crippen molar-refractivity contribution in [2.24, 2.45) is 4.99 Å². The lowest BCUT2D eigenvalue weighted by molar-refractivity contribution is 0.0939. The fraction of sp³-hybridized carbons (Fsp3) is 0.520. The molecular formula is C25H35N7O3. The fourth-order valence-electron chi connectivity index (χ4n) is 4.69. The number of aromatic hydroxyl groups is 2. The first kappa shape index (κ1) is 24.7. The van der Waals surface area contributed by atoms with Crippen molar-refractivity contribution in [2.45, 2.75) is 51.6 Å². The molecule has 2 aromatic rings. The van der Waals surface area contributed by atoms with E-state index in [1.54, 1.807) is 10.6 Å². The number of carbonyl (C=O) groups is 1. The lowest BCUT2D eigenvalue weighted by atomic mass is 9.98. The summed E-state index contributed by atoms with van der Waals surface area (Å²) in [5, 5.41) is 35.6. The van der Waals surface area contributed by atoms with Crippen LogP contribution in [0.4, 0.5) is 0 Å². The number of aromatic nitrogens is 3. The van der Waals surface area contributed by atoms with Crippen LogP contribution in [0.1, 0.15) is 61.8 Å². The number of amidine groups is 1. The van der Waals surface area contributed by atoms with Crippen molar-refractivity contribution in [2.75, 3.05) is 33.2 Å². The molecule has 1 fully saturated rings. The normalized spacial score (nSPS) is 18.5. The summed E-state index contributed by atoms with van der Waals surface area (Å²) in [5.41, 5.74) is 1.08. The number of phenols is 2. The van der Waals surface area contributed by atoms with Gasteiger partial charge in [-0.1, -0.05) is 19.9 Å². The molecule has 1 atom stereocenters. The molecule has 1 amide bonds. The third-order valence-corrected chi connectivity index (χ3v) is 6.70. The molecule has 10 nitrogen and oxygen atoms in total. The van der Waals surface area contributed by atoms with E-state index in [0.717, 1.165) is 31.8 Å². The Hall–Kier alpha value is -3.40. The average molecular weight is 482 g/mol. The third kappa shape index (κ3) is 5.02. The van der Waals surface area contributed by atoms with E-state index in [2.05, 4.69) is 32.8 Å². The third-order valence-electron chi connectivity index (χ3n) is 6.70. The summed E-state index contributed by atoms with van der Waals surface area (Å²) in [6.45, 7) is 8.63. The SMILES string of the molecule is CCNC(=O)c1nnc(-c2cc(C(C)C)c(O)cc2O)n1C1C=CC(N(C)C2CCNCC2)=NC1. The van der Waals surface area contributed by atoms with Gasteiger partial charge in [0, 0.05) is 25.7 Å². The van der Waals surface area contributed by atoms with Gasteiger partial charge in [0.15, 0.2) is 5.82 Å². The second-order valence-electron chi connectivity index (χ2n) is 9.38. The highest BCUT2D eigenvalue weighted by molar-refractivity contribution is 5.94. The van der Waals surface area contributed by atoms with Gasteiger partial charge in [0.1, 0.15) is 17.3 Å². The number of dihydropyridines is 1. The van der Waals surface area contributed by atoms with E-state index in [1.165, 1.54) is 6.07 Å². The lowest BCUT2D eigenvalue weighted by Gasteiger charge is -2.34. The smallest absolute Gasteiger partial charge is 0.289 e. The Bertz CT molecular complexity index is 1130. The Kier molecular flexibility index (Phi) is 7.39. The predicted molar refractivity (Wildman–Crippen MR) is 135 cm³/mol. The van der Waals surface area contributed by atoms with Gasteiger partial charge in [-0.2, -0.15) is 0 Å². The standard InChI is InChI=1S/C25H35N7O3/c1-5-27-25(35)24-30-29-23(19-12-18(15(2)3)20(33)13-21(19)34)32(24)17-6-7-22(28-14-17)31(4)16-8-10-26-11-9-16/h6-7,12-13,15-17,26,33-34H,5,8-11,14H2,1-4H3,(H,27,35). The van der Waals surface area contributed by atoms with Crippen molar-refractivity contribution in [1.29, 1.82) is 0 Å². The number of hydrogen-bond donors (Lipinski definition) is 4. The van der Waals surface area contributed by atoms with E-state index in [-0.39, 0.29) is 35.2 Å². The number of piperidine rings is 1. The average Bonchev–Trinajstić information content (AvgIpc) is 3.29. The molecule has 1 unspecified atom stereocenters. The summed E-state index contributed by atoms with van der Waals surface area (Å²) in [6, 6.07) is 3.16. The van der Waals surface area contributed by atoms with Crippen LogP contribution in [-0.2, 0) is 0 Å². The summed E-state index contributed by atoms with van der Waals surface area (Å²) in [7, 11) is 2.08. The first-order valence-electron chi connectivity index (χ1n) is 12.3. The number of rotatable bonds is 6. The number of phenolic OH excluding ortho intramolecular Hbond substituents is 2. The molecule has 188 valence electrons. The van der Waals surface area contributed by atoms with E-state index in [1.807, 2.05) is 32.9 Å². The fourth-order valence-corrected chi connectivity index (χ4v) is 4.69. The van der Waals surface area contributed by atoms with E-state index in [0.29, 0.717) is 36.1 Å². The van der Waals surface area contributed by atoms with Gasteiger partial charge in [0.05, 0.1) is 18.2 Å². The zero-order chi connectivity index (χ0) is 25.1. The Morgan fingerprint density at radius 1 is 1.23 bits per heavy atom.